The van der Waals surface area contributed by atoms with E-state index in [1.54, 1.807) is 30.3 Å². The first-order valence-corrected chi connectivity index (χ1v) is 7.28. The van der Waals surface area contributed by atoms with Gasteiger partial charge in [-0.05, 0) is 29.3 Å². The Hall–Kier alpha value is -2.82. The monoisotopic (exact) mass is 371 g/mol. The van der Waals surface area contributed by atoms with Gasteiger partial charge in [0.15, 0.2) is 5.78 Å². The molecule has 8 heteroatoms. The summed E-state index contributed by atoms with van der Waals surface area (Å²) in [7, 11) is 0. The van der Waals surface area contributed by atoms with Crippen LogP contribution in [0.2, 0.25) is 0 Å². The second-order valence-electron chi connectivity index (χ2n) is 5.53. The third-order valence-corrected chi connectivity index (χ3v) is 3.62. The molecule has 1 unspecified atom stereocenters. The van der Waals surface area contributed by atoms with Gasteiger partial charge in [-0.25, -0.2) is 0 Å². The molecule has 1 atom stereocenters. The van der Waals surface area contributed by atoms with E-state index in [4.69, 9.17) is 0 Å². The van der Waals surface area contributed by atoms with Crippen molar-refractivity contribution in [2.75, 3.05) is 0 Å². The van der Waals surface area contributed by atoms with Crippen molar-refractivity contribution in [2.45, 2.75) is 24.7 Å². The fourth-order valence-corrected chi connectivity index (χ4v) is 2.38. The van der Waals surface area contributed by atoms with Crippen LogP contribution in [0.5, 0.6) is 0 Å². The van der Waals surface area contributed by atoms with Crippen molar-refractivity contribution < 1.29 is 31.1 Å². The van der Waals surface area contributed by atoms with Crippen LogP contribution >= 0.6 is 0 Å². The molecule has 2 nitrogen and oxygen atoms in total. The average molecular weight is 371 g/mol. The van der Waals surface area contributed by atoms with E-state index in [0.29, 0.717) is 17.7 Å². The third-order valence-electron chi connectivity index (χ3n) is 3.62. The minimum atomic E-state index is -5.04. The fraction of sp³-hybridized carbons (Fsp3) is 0.222. The number of Topliss-reactive ketones (excluding diaryl/α,β-unsaturated/α-hetero) is 1. The van der Waals surface area contributed by atoms with Crippen molar-refractivity contribution in [3.05, 3.63) is 70.8 Å². The zero-order chi connectivity index (χ0) is 19.5. The summed E-state index contributed by atoms with van der Waals surface area (Å²) in [5, 5.41) is 9.18. The lowest BCUT2D eigenvalue weighted by Crippen LogP contribution is -2.17. The highest BCUT2D eigenvalue weighted by molar-refractivity contribution is 5.90. The second kappa shape index (κ2) is 7.20. The largest absolute Gasteiger partial charge is 0.416 e. The molecule has 0 saturated carbocycles. The van der Waals surface area contributed by atoms with Crippen molar-refractivity contribution in [3.63, 3.8) is 0 Å². The predicted octanol–water partition coefficient (Wildman–Crippen LogP) is 5.14. The minimum Gasteiger partial charge on any atom is -0.297 e. The molecule has 0 aromatic heterocycles. The SMILES string of the molecule is N#CC(C(=O)Cc1ccccc1)c1cc(C(F)(F)F)cc(C(F)(F)F)c1. The lowest BCUT2D eigenvalue weighted by Gasteiger charge is -2.16. The molecule has 2 rings (SSSR count). The lowest BCUT2D eigenvalue weighted by atomic mass is 9.89. The number of carbonyl (C=O) groups is 1. The van der Waals surface area contributed by atoms with Crippen LogP contribution in [0.1, 0.15) is 28.2 Å². The Morgan fingerprint density at radius 3 is 1.85 bits per heavy atom. The molecule has 0 amide bonds. The number of carbonyl (C=O) groups excluding carboxylic acids is 1. The predicted molar refractivity (Wildman–Crippen MR) is 80.0 cm³/mol. The van der Waals surface area contributed by atoms with Crippen LogP contribution in [-0.4, -0.2) is 5.78 Å². The summed E-state index contributed by atoms with van der Waals surface area (Å²) in [6.07, 6.45) is -10.4. The smallest absolute Gasteiger partial charge is 0.297 e. The normalized spacial score (nSPS) is 13.1. The first-order chi connectivity index (χ1) is 12.0. The van der Waals surface area contributed by atoms with Crippen LogP contribution in [0, 0.1) is 11.3 Å². The molecule has 0 bridgehead atoms. The first-order valence-electron chi connectivity index (χ1n) is 7.28. The van der Waals surface area contributed by atoms with Crippen LogP contribution in [-0.2, 0) is 23.6 Å². The van der Waals surface area contributed by atoms with Crippen molar-refractivity contribution >= 4 is 5.78 Å². The van der Waals surface area contributed by atoms with Gasteiger partial charge in [0, 0.05) is 6.42 Å². The molecule has 0 saturated heterocycles. The maximum absolute atomic E-state index is 12.9. The van der Waals surface area contributed by atoms with Crippen LogP contribution in [0.4, 0.5) is 26.3 Å². The number of ketones is 1. The maximum atomic E-state index is 12.9. The molecular formula is C18H11F6NO. The van der Waals surface area contributed by atoms with Crippen molar-refractivity contribution in [1.29, 1.82) is 5.26 Å². The summed E-state index contributed by atoms with van der Waals surface area (Å²) >= 11 is 0. The molecule has 136 valence electrons. The number of rotatable bonds is 4. The fourth-order valence-electron chi connectivity index (χ4n) is 2.38. The summed E-state index contributed by atoms with van der Waals surface area (Å²) in [6.45, 7) is 0. The quantitative estimate of drug-likeness (QED) is 0.698. The Balaban J connectivity index is 2.46. The molecule has 0 aliphatic heterocycles. The summed E-state index contributed by atoms with van der Waals surface area (Å²) in [4.78, 5) is 12.3. The van der Waals surface area contributed by atoms with Crippen LogP contribution in [0.25, 0.3) is 0 Å². The Labute approximate surface area is 144 Å². The van der Waals surface area contributed by atoms with E-state index in [9.17, 15) is 36.4 Å². The molecule has 2 aromatic carbocycles. The molecule has 0 heterocycles. The van der Waals surface area contributed by atoms with Gasteiger partial charge >= 0.3 is 12.4 Å². The van der Waals surface area contributed by atoms with Crippen LogP contribution < -0.4 is 0 Å². The highest BCUT2D eigenvalue weighted by Gasteiger charge is 2.38. The summed E-state index contributed by atoms with van der Waals surface area (Å²) < 4.78 is 77.5. The molecule has 0 N–H and O–H groups in total. The van der Waals surface area contributed by atoms with Gasteiger partial charge in [-0.2, -0.15) is 31.6 Å². The van der Waals surface area contributed by atoms with Gasteiger partial charge < -0.3 is 0 Å². The van der Waals surface area contributed by atoms with E-state index in [1.807, 2.05) is 0 Å². The Morgan fingerprint density at radius 1 is 0.923 bits per heavy atom. The molecule has 0 aliphatic carbocycles. The average Bonchev–Trinajstić information content (AvgIpc) is 2.54. The van der Waals surface area contributed by atoms with E-state index < -0.39 is 40.7 Å². The molecule has 2 aromatic rings. The van der Waals surface area contributed by atoms with Crippen LogP contribution in [0.15, 0.2) is 48.5 Å². The highest BCUT2D eigenvalue weighted by Crippen LogP contribution is 2.38. The summed E-state index contributed by atoms with van der Waals surface area (Å²) in [6, 6.07) is 10.3. The molecule has 0 fully saturated rings. The zero-order valence-corrected chi connectivity index (χ0v) is 13.0. The molecular weight excluding hydrogens is 360 g/mol. The van der Waals surface area contributed by atoms with Crippen molar-refractivity contribution in [2.24, 2.45) is 0 Å². The molecule has 0 spiro atoms. The molecule has 26 heavy (non-hydrogen) atoms. The van der Waals surface area contributed by atoms with Crippen molar-refractivity contribution in [3.8, 4) is 6.07 Å². The summed E-state index contributed by atoms with van der Waals surface area (Å²) in [5.74, 6) is -2.52. The van der Waals surface area contributed by atoms with E-state index in [1.165, 1.54) is 6.07 Å². The van der Waals surface area contributed by atoms with Crippen LogP contribution in [0.3, 0.4) is 0 Å². The second-order valence-corrected chi connectivity index (χ2v) is 5.53. The Kier molecular flexibility index (Phi) is 5.40. The number of alkyl halides is 6. The molecule has 0 radical (unpaired) electrons. The minimum absolute atomic E-state index is 0.0421. The van der Waals surface area contributed by atoms with Gasteiger partial charge in [0.05, 0.1) is 17.2 Å². The number of benzene rings is 2. The number of hydrogen-bond acceptors (Lipinski definition) is 2. The first kappa shape index (κ1) is 19.5. The summed E-state index contributed by atoms with van der Waals surface area (Å²) in [5.41, 5.74) is -3.25. The standard InChI is InChI=1S/C18H11F6NO/c19-17(20,21)13-7-12(8-14(9-13)18(22,23)24)15(10-25)16(26)6-11-4-2-1-3-5-11/h1-5,7-9,15H,6H2. The number of nitriles is 1. The van der Waals surface area contributed by atoms with Crippen molar-refractivity contribution in [1.82, 2.24) is 0 Å². The van der Waals surface area contributed by atoms with Gasteiger partial charge in [-0.1, -0.05) is 30.3 Å². The topological polar surface area (TPSA) is 40.9 Å². The van der Waals surface area contributed by atoms with E-state index in [2.05, 4.69) is 0 Å². The van der Waals surface area contributed by atoms with E-state index in [0.717, 1.165) is 0 Å². The number of nitrogens with zero attached hydrogens (tertiary/aromatic N) is 1. The Morgan fingerprint density at radius 2 is 1.42 bits per heavy atom. The number of hydrogen-bond donors (Lipinski definition) is 0. The van der Waals surface area contributed by atoms with Gasteiger partial charge in [0.2, 0.25) is 0 Å². The highest BCUT2D eigenvalue weighted by atomic mass is 19.4. The number of halogens is 6. The maximum Gasteiger partial charge on any atom is 0.416 e. The lowest BCUT2D eigenvalue weighted by molar-refractivity contribution is -0.143. The van der Waals surface area contributed by atoms with Gasteiger partial charge in [-0.15, -0.1) is 0 Å². The molecule has 0 aliphatic rings. The third kappa shape index (κ3) is 4.63. The van der Waals surface area contributed by atoms with E-state index >= 15 is 0 Å². The Bertz CT molecular complexity index is 801. The van der Waals surface area contributed by atoms with Gasteiger partial charge in [-0.3, -0.25) is 4.79 Å². The van der Waals surface area contributed by atoms with E-state index in [-0.39, 0.29) is 12.5 Å². The van der Waals surface area contributed by atoms with Gasteiger partial charge in [0.25, 0.3) is 0 Å². The zero-order valence-electron chi connectivity index (χ0n) is 13.0. The van der Waals surface area contributed by atoms with Gasteiger partial charge in [0.1, 0.15) is 5.92 Å².